The molecule has 0 aliphatic carbocycles. The van der Waals surface area contributed by atoms with E-state index in [0.717, 1.165) is 0 Å². The van der Waals surface area contributed by atoms with Gasteiger partial charge >= 0.3 is 5.69 Å². The van der Waals surface area contributed by atoms with Crippen LogP contribution in [0, 0.1) is 11.7 Å². The molecular weight excluding hydrogens is 301 g/mol. The molecule has 0 bridgehead atoms. The van der Waals surface area contributed by atoms with Crippen molar-refractivity contribution in [3.8, 4) is 0 Å². The number of halogens is 1. The van der Waals surface area contributed by atoms with Crippen LogP contribution < -0.4 is 27.4 Å². The van der Waals surface area contributed by atoms with Gasteiger partial charge in [0.2, 0.25) is 0 Å². The Morgan fingerprint density at radius 3 is 2.65 bits per heavy atom. The number of aromatic amines is 2. The molecule has 1 saturated heterocycles. The van der Waals surface area contributed by atoms with Gasteiger partial charge in [0.25, 0.3) is 5.56 Å². The molecule has 1 aromatic carbocycles. The van der Waals surface area contributed by atoms with Crippen LogP contribution in [0.25, 0.3) is 0 Å². The third-order valence-electron chi connectivity index (χ3n) is 4.64. The second kappa shape index (κ2) is 5.04. The second-order valence-corrected chi connectivity index (χ2v) is 5.97. The maximum atomic E-state index is 14.4. The summed E-state index contributed by atoms with van der Waals surface area (Å²) >= 11 is 0. The Labute approximate surface area is 130 Å². The molecule has 3 heterocycles. The number of aromatic nitrogens is 2. The highest BCUT2D eigenvalue weighted by Gasteiger charge is 2.46. The molecule has 2 aliphatic heterocycles. The van der Waals surface area contributed by atoms with E-state index in [0.29, 0.717) is 16.9 Å². The van der Waals surface area contributed by atoms with E-state index in [-0.39, 0.29) is 23.9 Å². The van der Waals surface area contributed by atoms with Gasteiger partial charge in [-0.15, -0.1) is 0 Å². The largest absolute Gasteiger partial charge is 0.354 e. The Bertz CT molecular complexity index is 877. The Morgan fingerprint density at radius 1 is 1.09 bits per heavy atom. The van der Waals surface area contributed by atoms with E-state index in [1.807, 2.05) is 6.92 Å². The van der Waals surface area contributed by atoms with Crippen molar-refractivity contribution in [3.05, 3.63) is 62.0 Å². The Hall–Kier alpha value is -2.45. The number of fused-ring (bicyclic) bond motifs is 2. The fourth-order valence-corrected chi connectivity index (χ4v) is 3.66. The number of hydrogen-bond donors (Lipinski definition) is 5. The van der Waals surface area contributed by atoms with E-state index >= 15 is 0 Å². The molecule has 4 atom stereocenters. The van der Waals surface area contributed by atoms with Crippen molar-refractivity contribution < 1.29 is 4.39 Å². The Kier molecular flexibility index (Phi) is 3.10. The molecule has 0 amide bonds. The fourth-order valence-electron chi connectivity index (χ4n) is 3.66. The highest BCUT2D eigenvalue weighted by Crippen LogP contribution is 2.42. The predicted octanol–water partition coefficient (Wildman–Crippen LogP) is 0.198. The predicted molar refractivity (Wildman–Crippen MR) is 82.6 cm³/mol. The number of nitrogens with one attached hydrogen (secondary N) is 5. The van der Waals surface area contributed by atoms with E-state index in [1.54, 1.807) is 18.2 Å². The molecule has 120 valence electrons. The number of benzene rings is 1. The van der Waals surface area contributed by atoms with Crippen LogP contribution in [-0.4, -0.2) is 22.2 Å². The molecule has 7 nitrogen and oxygen atoms in total. The van der Waals surface area contributed by atoms with E-state index in [9.17, 15) is 14.0 Å². The normalized spacial score (nSPS) is 28.8. The van der Waals surface area contributed by atoms with Crippen LogP contribution >= 0.6 is 0 Å². The molecule has 23 heavy (non-hydrogen) atoms. The lowest BCUT2D eigenvalue weighted by Gasteiger charge is -2.36. The lowest BCUT2D eigenvalue weighted by molar-refractivity contribution is 0.378. The van der Waals surface area contributed by atoms with Crippen LogP contribution in [0.4, 0.5) is 10.2 Å². The van der Waals surface area contributed by atoms with Crippen molar-refractivity contribution in [2.24, 2.45) is 5.92 Å². The summed E-state index contributed by atoms with van der Waals surface area (Å²) in [6, 6.07) is 6.43. The van der Waals surface area contributed by atoms with Gasteiger partial charge in [-0.2, -0.15) is 0 Å². The van der Waals surface area contributed by atoms with E-state index < -0.39 is 17.2 Å². The van der Waals surface area contributed by atoms with Gasteiger partial charge in [-0.3, -0.25) is 20.2 Å². The summed E-state index contributed by atoms with van der Waals surface area (Å²) in [5, 5.41) is 3.12. The average molecular weight is 317 g/mol. The maximum absolute atomic E-state index is 14.4. The van der Waals surface area contributed by atoms with Gasteiger partial charge in [0, 0.05) is 17.9 Å². The second-order valence-electron chi connectivity index (χ2n) is 5.97. The number of anilines is 1. The lowest BCUT2D eigenvalue weighted by Crippen LogP contribution is -2.47. The molecule has 4 rings (SSSR count). The van der Waals surface area contributed by atoms with Crippen LogP contribution in [0.2, 0.25) is 0 Å². The van der Waals surface area contributed by atoms with Crippen molar-refractivity contribution in [1.82, 2.24) is 20.8 Å². The third kappa shape index (κ3) is 2.10. The molecule has 0 spiro atoms. The topological polar surface area (TPSA) is 102 Å². The van der Waals surface area contributed by atoms with Gasteiger partial charge in [0.15, 0.2) is 0 Å². The third-order valence-corrected chi connectivity index (χ3v) is 4.64. The van der Waals surface area contributed by atoms with Crippen LogP contribution in [0.5, 0.6) is 0 Å². The summed E-state index contributed by atoms with van der Waals surface area (Å²) in [7, 11) is 0. The van der Waals surface area contributed by atoms with Gasteiger partial charge in [0.05, 0.1) is 11.7 Å². The number of H-pyrrole nitrogens is 2. The first-order chi connectivity index (χ1) is 11.1. The highest BCUT2D eigenvalue weighted by atomic mass is 19.1. The van der Waals surface area contributed by atoms with Crippen molar-refractivity contribution in [2.75, 3.05) is 5.32 Å². The summed E-state index contributed by atoms with van der Waals surface area (Å²) in [6.07, 6.45) is -0.223. The standard InChI is InChI=1S/C15H16FN5O2/c1-6-9-10(7-4-2-3-5-8(7)16)11-12(17-13(9)21-20-6)18-15(23)19-14(11)22/h2-6,9-10,13,20-21H,1H3,(H3,17,18,19,22,23). The summed E-state index contributed by atoms with van der Waals surface area (Å²) in [6.45, 7) is 1.97. The quantitative estimate of drug-likeness (QED) is 0.517. The van der Waals surface area contributed by atoms with Crippen LogP contribution in [0.15, 0.2) is 33.9 Å². The number of rotatable bonds is 1. The van der Waals surface area contributed by atoms with Gasteiger partial charge in [-0.05, 0) is 18.6 Å². The molecule has 0 radical (unpaired) electrons. The van der Waals surface area contributed by atoms with Crippen LogP contribution in [0.1, 0.15) is 24.0 Å². The fraction of sp³-hybridized carbons (Fsp3) is 0.333. The minimum atomic E-state index is -0.592. The zero-order valence-corrected chi connectivity index (χ0v) is 12.3. The van der Waals surface area contributed by atoms with E-state index in [1.165, 1.54) is 6.07 Å². The first-order valence-electron chi connectivity index (χ1n) is 7.45. The monoisotopic (exact) mass is 317 g/mol. The number of hydrazine groups is 1. The van der Waals surface area contributed by atoms with Crippen LogP contribution in [0.3, 0.4) is 0 Å². The molecule has 1 fully saturated rings. The van der Waals surface area contributed by atoms with Crippen molar-refractivity contribution in [1.29, 1.82) is 0 Å². The molecule has 5 N–H and O–H groups in total. The first kappa shape index (κ1) is 14.2. The molecule has 8 heteroatoms. The van der Waals surface area contributed by atoms with Gasteiger partial charge in [-0.25, -0.2) is 14.6 Å². The summed E-state index contributed by atoms with van der Waals surface area (Å²) in [4.78, 5) is 28.8. The zero-order valence-electron chi connectivity index (χ0n) is 12.3. The SMILES string of the molecule is CC1NNC2Nc3[nH]c(=O)[nH]c(=O)c3C(c3ccccc3F)C12. The summed E-state index contributed by atoms with van der Waals surface area (Å²) < 4.78 is 14.4. The van der Waals surface area contributed by atoms with E-state index in [4.69, 9.17) is 0 Å². The molecule has 1 aromatic heterocycles. The smallest absolute Gasteiger partial charge is 0.327 e. The minimum Gasteiger partial charge on any atom is -0.354 e. The van der Waals surface area contributed by atoms with Gasteiger partial charge < -0.3 is 5.32 Å². The van der Waals surface area contributed by atoms with Gasteiger partial charge in [-0.1, -0.05) is 18.2 Å². The lowest BCUT2D eigenvalue weighted by atomic mass is 9.75. The molecule has 2 aliphatic rings. The maximum Gasteiger partial charge on any atom is 0.327 e. The average Bonchev–Trinajstić information content (AvgIpc) is 2.87. The summed E-state index contributed by atoms with van der Waals surface area (Å²) in [5.41, 5.74) is 5.91. The summed E-state index contributed by atoms with van der Waals surface area (Å²) in [5.74, 6) is -0.604. The molecular formula is C15H16FN5O2. The first-order valence-corrected chi connectivity index (χ1v) is 7.45. The number of hydrogen-bond acceptors (Lipinski definition) is 5. The Balaban J connectivity index is 1.99. The molecule has 2 aromatic rings. The van der Waals surface area contributed by atoms with Crippen molar-refractivity contribution in [2.45, 2.75) is 25.0 Å². The molecule has 4 unspecified atom stereocenters. The van der Waals surface area contributed by atoms with Crippen molar-refractivity contribution >= 4 is 5.82 Å². The zero-order chi connectivity index (χ0) is 16.1. The van der Waals surface area contributed by atoms with Gasteiger partial charge in [0.1, 0.15) is 11.6 Å². The minimum absolute atomic E-state index is 0.0107. The van der Waals surface area contributed by atoms with Crippen LogP contribution in [-0.2, 0) is 0 Å². The van der Waals surface area contributed by atoms with E-state index in [2.05, 4.69) is 26.1 Å². The molecule has 0 saturated carbocycles. The Morgan fingerprint density at radius 2 is 1.87 bits per heavy atom. The highest BCUT2D eigenvalue weighted by molar-refractivity contribution is 5.53. The van der Waals surface area contributed by atoms with Crippen molar-refractivity contribution in [3.63, 3.8) is 0 Å².